The number of hydrogen-bond acceptors (Lipinski definition) is 6. The lowest BCUT2D eigenvalue weighted by Crippen LogP contribution is -2.16. The Kier molecular flexibility index (Phi) is 8.25. The summed E-state index contributed by atoms with van der Waals surface area (Å²) in [4.78, 5) is 15.6. The molecular formula is C53H32N6O. The lowest BCUT2D eigenvalue weighted by molar-refractivity contribution is 0.669. The van der Waals surface area contributed by atoms with Gasteiger partial charge in [0.1, 0.15) is 11.2 Å². The number of rotatable bonds is 6. The van der Waals surface area contributed by atoms with Crippen LogP contribution in [0.3, 0.4) is 0 Å². The smallest absolute Gasteiger partial charge is 0.164 e. The Hall–Kier alpha value is -8.39. The van der Waals surface area contributed by atoms with Crippen LogP contribution in [0.5, 0.6) is 0 Å². The van der Waals surface area contributed by atoms with Gasteiger partial charge < -0.3 is 8.98 Å². The number of fused-ring (bicyclic) bond motifs is 6. The van der Waals surface area contributed by atoms with Crippen molar-refractivity contribution < 1.29 is 4.42 Å². The molecule has 1 aliphatic carbocycles. The van der Waals surface area contributed by atoms with Crippen molar-refractivity contribution in [3.63, 3.8) is 0 Å². The zero-order chi connectivity index (χ0) is 40.2. The summed E-state index contributed by atoms with van der Waals surface area (Å²) >= 11 is 0. The van der Waals surface area contributed by atoms with Crippen LogP contribution in [0.1, 0.15) is 40.4 Å². The third-order valence-electron chi connectivity index (χ3n) is 11.5. The van der Waals surface area contributed by atoms with Crippen molar-refractivity contribution in [3.8, 4) is 34.9 Å². The molecule has 7 nitrogen and oxygen atoms in total. The summed E-state index contributed by atoms with van der Waals surface area (Å²) in [6.07, 6.45) is 2.83. The van der Waals surface area contributed by atoms with E-state index in [0.29, 0.717) is 35.0 Å². The van der Waals surface area contributed by atoms with Crippen LogP contribution in [0.15, 0.2) is 180 Å². The van der Waals surface area contributed by atoms with Crippen LogP contribution in [-0.2, 0) is 0 Å². The standard InChI is InChI=1S/C53H32N6O/c54-31-33-20-24-46-44(26-33)45-27-34(32-55)21-25-47(45)59(46)50-42(35-12-4-1-5-13-35)28-39(29-43(50)36-14-6-2-7-15-36)53-57-51(37-16-8-3-9-17-37)56-52(58-53)38-22-23-41-40-18-10-11-19-48(40)60-49(41)30-38/h1-28,30,43H,29H2. The average Bonchev–Trinajstić information content (AvgIpc) is 3.86. The summed E-state index contributed by atoms with van der Waals surface area (Å²) in [6, 6.07) is 61.6. The maximum Gasteiger partial charge on any atom is 0.164 e. The first-order valence-electron chi connectivity index (χ1n) is 19.8. The number of aromatic nitrogens is 4. The van der Waals surface area contributed by atoms with Crippen molar-refractivity contribution in [2.45, 2.75) is 12.3 Å². The first-order valence-corrected chi connectivity index (χ1v) is 19.8. The Bertz CT molecular complexity index is 3400. The Morgan fingerprint density at radius 3 is 1.73 bits per heavy atom. The lowest BCUT2D eigenvalue weighted by Gasteiger charge is -2.31. The van der Waals surface area contributed by atoms with Crippen LogP contribution in [-0.4, -0.2) is 19.5 Å². The quantitative estimate of drug-likeness (QED) is 0.167. The summed E-state index contributed by atoms with van der Waals surface area (Å²) in [5.74, 6) is 1.58. The first kappa shape index (κ1) is 34.8. The van der Waals surface area contributed by atoms with Gasteiger partial charge in [0, 0.05) is 49.9 Å². The van der Waals surface area contributed by atoms with E-state index in [0.717, 1.165) is 82.8 Å². The second kappa shape index (κ2) is 14.2. The molecule has 11 rings (SSSR count). The van der Waals surface area contributed by atoms with Gasteiger partial charge in [0.15, 0.2) is 17.5 Å². The van der Waals surface area contributed by atoms with E-state index in [4.69, 9.17) is 19.4 Å². The van der Waals surface area contributed by atoms with E-state index in [-0.39, 0.29) is 5.92 Å². The predicted molar refractivity (Wildman–Crippen MR) is 238 cm³/mol. The van der Waals surface area contributed by atoms with Crippen LogP contribution >= 0.6 is 0 Å². The molecule has 10 aromatic rings. The zero-order valence-electron chi connectivity index (χ0n) is 32.1. The highest BCUT2D eigenvalue weighted by atomic mass is 16.3. The highest BCUT2D eigenvalue weighted by Crippen LogP contribution is 2.49. The van der Waals surface area contributed by atoms with E-state index < -0.39 is 0 Å². The lowest BCUT2D eigenvalue weighted by atomic mass is 9.80. The third kappa shape index (κ3) is 5.85. The molecule has 1 unspecified atom stereocenters. The topological polar surface area (TPSA) is 104 Å². The highest BCUT2D eigenvalue weighted by Gasteiger charge is 2.32. The van der Waals surface area contributed by atoms with Gasteiger partial charge in [-0.05, 0) is 83.8 Å². The van der Waals surface area contributed by atoms with Gasteiger partial charge in [0.2, 0.25) is 0 Å². The maximum absolute atomic E-state index is 9.96. The third-order valence-corrected chi connectivity index (χ3v) is 11.5. The molecule has 3 aromatic heterocycles. The predicted octanol–water partition coefficient (Wildman–Crippen LogP) is 12.6. The summed E-state index contributed by atoms with van der Waals surface area (Å²) in [6.45, 7) is 0. The number of para-hydroxylation sites is 1. The van der Waals surface area contributed by atoms with Gasteiger partial charge in [-0.25, -0.2) is 15.0 Å². The monoisotopic (exact) mass is 768 g/mol. The number of allylic oxidation sites excluding steroid dienone is 4. The van der Waals surface area contributed by atoms with Gasteiger partial charge in [-0.2, -0.15) is 10.5 Å². The molecule has 1 aliphatic rings. The summed E-state index contributed by atoms with van der Waals surface area (Å²) < 4.78 is 8.64. The van der Waals surface area contributed by atoms with Crippen LogP contribution in [0.2, 0.25) is 0 Å². The normalized spacial score (nSPS) is 14.1. The van der Waals surface area contributed by atoms with Crippen molar-refractivity contribution in [1.82, 2.24) is 19.5 Å². The molecule has 3 heterocycles. The van der Waals surface area contributed by atoms with E-state index in [1.165, 1.54) is 0 Å². The number of hydrogen-bond donors (Lipinski definition) is 0. The van der Waals surface area contributed by atoms with Gasteiger partial charge in [-0.15, -0.1) is 0 Å². The minimum atomic E-state index is -0.154. The fourth-order valence-electron chi connectivity index (χ4n) is 8.71. The molecule has 0 fully saturated rings. The van der Waals surface area contributed by atoms with Gasteiger partial charge in [-0.3, -0.25) is 0 Å². The van der Waals surface area contributed by atoms with Crippen LogP contribution < -0.4 is 0 Å². The highest BCUT2D eigenvalue weighted by molar-refractivity contribution is 6.14. The molecule has 0 bridgehead atoms. The van der Waals surface area contributed by atoms with Gasteiger partial charge >= 0.3 is 0 Å². The second-order valence-corrected chi connectivity index (χ2v) is 15.0. The molecule has 7 heteroatoms. The second-order valence-electron chi connectivity index (χ2n) is 15.0. The molecule has 0 N–H and O–H groups in total. The van der Waals surface area contributed by atoms with Crippen molar-refractivity contribution in [1.29, 1.82) is 10.5 Å². The van der Waals surface area contributed by atoms with Gasteiger partial charge in [0.25, 0.3) is 0 Å². The first-order chi connectivity index (χ1) is 29.6. The van der Waals surface area contributed by atoms with E-state index in [9.17, 15) is 10.5 Å². The van der Waals surface area contributed by atoms with E-state index in [2.05, 4.69) is 89.5 Å². The van der Waals surface area contributed by atoms with Crippen molar-refractivity contribution in [3.05, 3.63) is 204 Å². The van der Waals surface area contributed by atoms with Crippen molar-refractivity contribution in [2.24, 2.45) is 0 Å². The summed E-state index contributed by atoms with van der Waals surface area (Å²) in [5, 5.41) is 23.8. The Labute approximate surface area is 345 Å². The SMILES string of the molecule is N#Cc1ccc2c(c1)c1cc(C#N)ccc1n2C1=C(c2ccccc2)C=C(c2nc(-c3ccccc3)nc(-c3ccc4c(c3)oc3ccccc34)n2)CC1c1ccccc1. The molecule has 0 radical (unpaired) electrons. The fourth-order valence-corrected chi connectivity index (χ4v) is 8.71. The number of benzene rings is 7. The van der Waals surface area contributed by atoms with E-state index in [1.54, 1.807) is 0 Å². The Morgan fingerprint density at radius 2 is 1.07 bits per heavy atom. The minimum absolute atomic E-state index is 0.154. The maximum atomic E-state index is 9.96. The van der Waals surface area contributed by atoms with Crippen molar-refractivity contribution >= 4 is 60.6 Å². The number of nitriles is 2. The molecule has 280 valence electrons. The van der Waals surface area contributed by atoms with Gasteiger partial charge in [-0.1, -0.05) is 115 Å². The van der Waals surface area contributed by atoms with E-state index >= 15 is 0 Å². The van der Waals surface area contributed by atoms with Crippen LogP contribution in [0.25, 0.3) is 83.4 Å². The Balaban J connectivity index is 1.19. The largest absolute Gasteiger partial charge is 0.456 e. The zero-order valence-corrected chi connectivity index (χ0v) is 32.1. The molecule has 1 atom stereocenters. The molecule has 60 heavy (non-hydrogen) atoms. The van der Waals surface area contributed by atoms with E-state index in [1.807, 2.05) is 103 Å². The fraction of sp³-hybridized carbons (Fsp3) is 0.0377. The molecule has 0 spiro atoms. The Morgan fingerprint density at radius 1 is 0.500 bits per heavy atom. The van der Waals surface area contributed by atoms with Gasteiger partial charge in [0.05, 0.1) is 34.3 Å². The minimum Gasteiger partial charge on any atom is -0.456 e. The molecule has 0 saturated heterocycles. The summed E-state index contributed by atoms with van der Waals surface area (Å²) in [7, 11) is 0. The molecule has 0 saturated carbocycles. The number of nitrogens with zero attached hydrogens (tertiary/aromatic N) is 6. The average molecular weight is 769 g/mol. The van der Waals surface area contributed by atoms with Crippen molar-refractivity contribution in [2.75, 3.05) is 0 Å². The van der Waals surface area contributed by atoms with Crippen LogP contribution in [0, 0.1) is 22.7 Å². The number of furan rings is 1. The molecule has 0 aliphatic heterocycles. The molecular weight excluding hydrogens is 737 g/mol. The van der Waals surface area contributed by atoms with Crippen LogP contribution in [0.4, 0.5) is 0 Å². The summed E-state index contributed by atoms with van der Waals surface area (Å²) in [5.41, 5.74) is 11.6. The molecule has 7 aromatic carbocycles. The molecule has 0 amide bonds.